The van der Waals surface area contributed by atoms with E-state index in [2.05, 4.69) is 15.6 Å². The minimum Gasteiger partial charge on any atom is -0.359 e. The van der Waals surface area contributed by atoms with Gasteiger partial charge in [0.2, 0.25) is 0 Å². The van der Waals surface area contributed by atoms with Gasteiger partial charge >= 0.3 is 5.69 Å². The fourth-order valence-corrected chi connectivity index (χ4v) is 3.15. The van der Waals surface area contributed by atoms with Crippen LogP contribution in [-0.2, 0) is 25.9 Å². The van der Waals surface area contributed by atoms with Crippen LogP contribution < -0.4 is 11.0 Å². The number of aromatic nitrogens is 4. The SMILES string of the molecule is CCc1cc(Cn2nc(CC3CCNCC3)n(CC)c2=O)on1. The number of nitrogens with one attached hydrogen (secondary N) is 1. The van der Waals surface area contributed by atoms with Crippen molar-refractivity contribution >= 4 is 0 Å². The summed E-state index contributed by atoms with van der Waals surface area (Å²) in [5, 5.41) is 11.9. The monoisotopic (exact) mass is 319 g/mol. The Hall–Kier alpha value is -1.89. The summed E-state index contributed by atoms with van der Waals surface area (Å²) >= 11 is 0. The van der Waals surface area contributed by atoms with E-state index in [0.29, 0.717) is 24.8 Å². The first kappa shape index (κ1) is 16.0. The molecule has 1 aliphatic heterocycles. The number of nitrogens with zero attached hydrogens (tertiary/aromatic N) is 4. The normalized spacial score (nSPS) is 16.1. The Morgan fingerprint density at radius 1 is 1.35 bits per heavy atom. The van der Waals surface area contributed by atoms with Crippen LogP contribution in [-0.4, -0.2) is 32.6 Å². The van der Waals surface area contributed by atoms with Crippen LogP contribution in [0.15, 0.2) is 15.4 Å². The first-order valence-corrected chi connectivity index (χ1v) is 8.53. The highest BCUT2D eigenvalue weighted by molar-refractivity contribution is 5.05. The first-order valence-electron chi connectivity index (χ1n) is 8.53. The third-order valence-electron chi connectivity index (χ3n) is 4.52. The second-order valence-corrected chi connectivity index (χ2v) is 6.14. The van der Waals surface area contributed by atoms with E-state index in [-0.39, 0.29) is 5.69 Å². The topological polar surface area (TPSA) is 77.9 Å². The molecule has 1 N–H and O–H groups in total. The van der Waals surface area contributed by atoms with Gasteiger partial charge in [0.05, 0.1) is 5.69 Å². The molecule has 1 aliphatic rings. The van der Waals surface area contributed by atoms with Crippen LogP contribution in [0.1, 0.15) is 44.0 Å². The second-order valence-electron chi connectivity index (χ2n) is 6.14. The Kier molecular flexibility index (Phi) is 4.95. The number of piperidine rings is 1. The zero-order chi connectivity index (χ0) is 16.2. The van der Waals surface area contributed by atoms with E-state index in [9.17, 15) is 4.79 Å². The van der Waals surface area contributed by atoms with Gasteiger partial charge < -0.3 is 9.84 Å². The third-order valence-corrected chi connectivity index (χ3v) is 4.52. The van der Waals surface area contributed by atoms with Crippen molar-refractivity contribution in [3.63, 3.8) is 0 Å². The lowest BCUT2D eigenvalue weighted by molar-refractivity contribution is 0.359. The summed E-state index contributed by atoms with van der Waals surface area (Å²) < 4.78 is 8.56. The molecule has 1 fully saturated rings. The van der Waals surface area contributed by atoms with Crippen molar-refractivity contribution in [3.05, 3.63) is 33.8 Å². The summed E-state index contributed by atoms with van der Waals surface area (Å²) in [4.78, 5) is 12.5. The molecule has 0 unspecified atom stereocenters. The number of hydrogen-bond donors (Lipinski definition) is 1. The Morgan fingerprint density at radius 2 is 2.13 bits per heavy atom. The van der Waals surface area contributed by atoms with E-state index in [1.165, 1.54) is 4.68 Å². The fraction of sp³-hybridized carbons (Fsp3) is 0.688. The van der Waals surface area contributed by atoms with Gasteiger partial charge in [-0.1, -0.05) is 12.1 Å². The molecule has 2 aromatic rings. The maximum absolute atomic E-state index is 12.5. The minimum atomic E-state index is -0.0640. The lowest BCUT2D eigenvalue weighted by Crippen LogP contribution is -2.30. The van der Waals surface area contributed by atoms with Gasteiger partial charge in [-0.3, -0.25) is 4.57 Å². The first-order chi connectivity index (χ1) is 11.2. The van der Waals surface area contributed by atoms with Gasteiger partial charge in [0.15, 0.2) is 5.76 Å². The maximum Gasteiger partial charge on any atom is 0.346 e. The maximum atomic E-state index is 12.5. The van der Waals surface area contributed by atoms with Gasteiger partial charge in [0.1, 0.15) is 12.4 Å². The van der Waals surface area contributed by atoms with Crippen LogP contribution in [0.5, 0.6) is 0 Å². The third kappa shape index (κ3) is 3.55. The van der Waals surface area contributed by atoms with Crippen LogP contribution in [0.4, 0.5) is 0 Å². The van der Waals surface area contributed by atoms with E-state index >= 15 is 0 Å². The quantitative estimate of drug-likeness (QED) is 0.866. The molecule has 7 nitrogen and oxygen atoms in total. The highest BCUT2D eigenvalue weighted by Gasteiger charge is 2.20. The number of hydrogen-bond acceptors (Lipinski definition) is 5. The molecule has 1 saturated heterocycles. The Bertz CT molecular complexity index is 694. The zero-order valence-electron chi connectivity index (χ0n) is 13.9. The molecule has 0 bridgehead atoms. The van der Waals surface area contributed by atoms with Crippen molar-refractivity contribution in [1.82, 2.24) is 24.8 Å². The number of rotatable bonds is 6. The van der Waals surface area contributed by atoms with Crippen molar-refractivity contribution < 1.29 is 4.52 Å². The average Bonchev–Trinajstić information content (AvgIpc) is 3.14. The molecular formula is C16H25N5O2. The van der Waals surface area contributed by atoms with E-state index in [4.69, 9.17) is 4.52 Å². The molecule has 0 spiro atoms. The summed E-state index contributed by atoms with van der Waals surface area (Å²) in [5.74, 6) is 2.17. The van der Waals surface area contributed by atoms with Gasteiger partial charge in [-0.05, 0) is 45.2 Å². The molecular weight excluding hydrogens is 294 g/mol. The molecule has 126 valence electrons. The Labute approximate surface area is 135 Å². The van der Waals surface area contributed by atoms with Crippen molar-refractivity contribution in [2.75, 3.05) is 13.1 Å². The fourth-order valence-electron chi connectivity index (χ4n) is 3.15. The summed E-state index contributed by atoms with van der Waals surface area (Å²) in [5.41, 5.74) is 0.837. The van der Waals surface area contributed by atoms with Crippen molar-refractivity contribution in [1.29, 1.82) is 0 Å². The highest BCUT2D eigenvalue weighted by atomic mass is 16.5. The van der Waals surface area contributed by atoms with Crippen molar-refractivity contribution in [2.24, 2.45) is 5.92 Å². The largest absolute Gasteiger partial charge is 0.359 e. The molecule has 0 radical (unpaired) electrons. The molecule has 0 atom stereocenters. The second kappa shape index (κ2) is 7.12. The molecule has 2 aromatic heterocycles. The van der Waals surface area contributed by atoms with Crippen LogP contribution in [0, 0.1) is 5.92 Å². The summed E-state index contributed by atoms with van der Waals surface area (Å²) in [7, 11) is 0. The number of aryl methyl sites for hydroxylation is 1. The Balaban J connectivity index is 1.79. The molecule has 0 aliphatic carbocycles. The zero-order valence-corrected chi connectivity index (χ0v) is 13.9. The minimum absolute atomic E-state index is 0.0640. The van der Waals surface area contributed by atoms with Crippen LogP contribution >= 0.6 is 0 Å². The lowest BCUT2D eigenvalue weighted by Gasteiger charge is -2.21. The predicted octanol–water partition coefficient (Wildman–Crippen LogP) is 1.21. The summed E-state index contributed by atoms with van der Waals surface area (Å²) in [6, 6.07) is 1.89. The van der Waals surface area contributed by atoms with Crippen molar-refractivity contribution in [3.8, 4) is 0 Å². The van der Waals surface area contributed by atoms with Crippen LogP contribution in [0.2, 0.25) is 0 Å². The van der Waals surface area contributed by atoms with Gasteiger partial charge in [-0.25, -0.2) is 9.48 Å². The molecule has 7 heteroatoms. The van der Waals surface area contributed by atoms with Crippen molar-refractivity contribution in [2.45, 2.75) is 52.6 Å². The Morgan fingerprint density at radius 3 is 2.78 bits per heavy atom. The van der Waals surface area contributed by atoms with E-state index in [1.807, 2.05) is 19.9 Å². The molecule has 23 heavy (non-hydrogen) atoms. The van der Waals surface area contributed by atoms with Gasteiger partial charge in [-0.2, -0.15) is 5.10 Å². The summed E-state index contributed by atoms with van der Waals surface area (Å²) in [6.07, 6.45) is 3.98. The molecule has 0 amide bonds. The smallest absolute Gasteiger partial charge is 0.346 e. The standard InChI is InChI=1S/C16H25N5O2/c1-3-13-10-14(23-19-13)11-21-16(22)20(4-2)15(18-21)9-12-5-7-17-8-6-12/h10,12,17H,3-9,11H2,1-2H3. The molecule has 3 heterocycles. The van der Waals surface area contributed by atoms with Gasteiger partial charge in [-0.15, -0.1) is 0 Å². The van der Waals surface area contributed by atoms with Crippen LogP contribution in [0.25, 0.3) is 0 Å². The van der Waals surface area contributed by atoms with Crippen LogP contribution in [0.3, 0.4) is 0 Å². The van der Waals surface area contributed by atoms with E-state index in [1.54, 1.807) is 4.57 Å². The summed E-state index contributed by atoms with van der Waals surface area (Å²) in [6.45, 7) is 7.12. The average molecular weight is 319 g/mol. The van der Waals surface area contributed by atoms with E-state index < -0.39 is 0 Å². The highest BCUT2D eigenvalue weighted by Crippen LogP contribution is 2.16. The predicted molar refractivity (Wildman–Crippen MR) is 86.4 cm³/mol. The van der Waals surface area contributed by atoms with Gasteiger partial charge in [0.25, 0.3) is 0 Å². The lowest BCUT2D eigenvalue weighted by atomic mass is 9.94. The van der Waals surface area contributed by atoms with E-state index in [0.717, 1.165) is 50.3 Å². The molecule has 3 rings (SSSR count). The van der Waals surface area contributed by atoms with Gasteiger partial charge in [0, 0.05) is 19.0 Å². The molecule has 0 aromatic carbocycles. The molecule has 0 saturated carbocycles.